The van der Waals surface area contributed by atoms with Crippen LogP contribution >= 0.6 is 0 Å². The van der Waals surface area contributed by atoms with Gasteiger partial charge in [-0.2, -0.15) is 0 Å². The van der Waals surface area contributed by atoms with Crippen LogP contribution in [-0.2, 0) is 34.9 Å². The molecule has 1 saturated heterocycles. The number of rotatable bonds is 9. The second-order valence-electron chi connectivity index (χ2n) is 5.06. The minimum atomic E-state index is -0.826. The van der Waals surface area contributed by atoms with Crippen molar-refractivity contribution in [2.75, 3.05) is 34.9 Å². The third kappa shape index (κ3) is 4.65. The Balaban J connectivity index is 2.06. The first-order chi connectivity index (χ1) is 11.2. The van der Waals surface area contributed by atoms with Crippen molar-refractivity contribution in [3.63, 3.8) is 0 Å². The molecule has 0 amide bonds. The lowest BCUT2D eigenvalue weighted by atomic mass is 10.0. The van der Waals surface area contributed by atoms with E-state index in [9.17, 15) is 4.79 Å². The van der Waals surface area contributed by atoms with Crippen molar-refractivity contribution in [2.45, 2.75) is 24.7 Å². The zero-order valence-corrected chi connectivity index (χ0v) is 13.5. The Morgan fingerprint density at radius 1 is 1.00 bits per heavy atom. The number of carbonyl (C=O) groups is 1. The highest BCUT2D eigenvalue weighted by Crippen LogP contribution is 2.26. The first-order valence-corrected chi connectivity index (χ1v) is 7.24. The minimum Gasteiger partial charge on any atom is -0.497 e. The summed E-state index contributed by atoms with van der Waals surface area (Å²) in [6, 6.07) is 7.55. The van der Waals surface area contributed by atoms with Crippen LogP contribution in [0.15, 0.2) is 24.3 Å². The van der Waals surface area contributed by atoms with Gasteiger partial charge in [0.15, 0.2) is 6.10 Å². The van der Waals surface area contributed by atoms with Crippen molar-refractivity contribution in [1.82, 2.24) is 0 Å². The Morgan fingerprint density at radius 2 is 1.65 bits per heavy atom. The molecule has 0 aromatic heterocycles. The molecule has 0 saturated carbocycles. The predicted molar refractivity (Wildman–Crippen MR) is 80.1 cm³/mol. The average Bonchev–Trinajstić information content (AvgIpc) is 2.86. The van der Waals surface area contributed by atoms with Crippen LogP contribution in [0.5, 0.6) is 5.75 Å². The highest BCUT2D eigenvalue weighted by molar-refractivity contribution is 5.78. The van der Waals surface area contributed by atoms with E-state index in [-0.39, 0.29) is 13.6 Å². The molecule has 0 unspecified atom stereocenters. The number of hydrogen-bond donors (Lipinski definition) is 0. The summed E-state index contributed by atoms with van der Waals surface area (Å²) < 4.78 is 31.3. The van der Waals surface area contributed by atoms with E-state index in [0.29, 0.717) is 6.42 Å². The topological polar surface area (TPSA) is 72.5 Å². The van der Waals surface area contributed by atoms with Crippen LogP contribution in [0.1, 0.15) is 5.56 Å². The van der Waals surface area contributed by atoms with E-state index in [1.54, 1.807) is 7.11 Å². The lowest BCUT2D eigenvalue weighted by Gasteiger charge is -2.21. The quantitative estimate of drug-likeness (QED) is 0.498. The molecule has 0 radical (unpaired) electrons. The van der Waals surface area contributed by atoms with Crippen molar-refractivity contribution in [1.29, 1.82) is 0 Å². The number of hydrogen-bond acceptors (Lipinski definition) is 7. The van der Waals surface area contributed by atoms with Gasteiger partial charge in [0.25, 0.3) is 0 Å². The van der Waals surface area contributed by atoms with Crippen LogP contribution in [0.3, 0.4) is 0 Å². The van der Waals surface area contributed by atoms with E-state index in [0.717, 1.165) is 11.3 Å². The van der Waals surface area contributed by atoms with Crippen LogP contribution in [0.25, 0.3) is 0 Å². The molecule has 7 nitrogen and oxygen atoms in total. The zero-order chi connectivity index (χ0) is 16.7. The average molecular weight is 326 g/mol. The van der Waals surface area contributed by atoms with Crippen molar-refractivity contribution >= 4 is 5.97 Å². The molecule has 0 bridgehead atoms. The van der Waals surface area contributed by atoms with Crippen LogP contribution in [0, 0.1) is 0 Å². The maximum atomic E-state index is 12.0. The standard InChI is InChI=1S/C16H22O7/c1-18-9-21-14-13(23-16(17)15(14)22-10-19-2)8-11-4-6-12(20-3)7-5-11/h4-7,13-15H,8-10H2,1-3H3/t13-,14+,15+/m0/s1. The van der Waals surface area contributed by atoms with Crippen LogP contribution in [0.2, 0.25) is 0 Å². The van der Waals surface area contributed by atoms with Gasteiger partial charge >= 0.3 is 5.97 Å². The molecule has 23 heavy (non-hydrogen) atoms. The van der Waals surface area contributed by atoms with Gasteiger partial charge in [0.05, 0.1) is 7.11 Å². The van der Waals surface area contributed by atoms with Gasteiger partial charge in [0, 0.05) is 20.6 Å². The summed E-state index contributed by atoms with van der Waals surface area (Å²) in [5.41, 5.74) is 1.00. The zero-order valence-electron chi connectivity index (χ0n) is 13.5. The number of benzene rings is 1. The summed E-state index contributed by atoms with van der Waals surface area (Å²) in [7, 11) is 4.61. The summed E-state index contributed by atoms with van der Waals surface area (Å²) in [6.07, 6.45) is -1.32. The third-order valence-electron chi connectivity index (χ3n) is 3.50. The molecule has 7 heteroatoms. The summed E-state index contributed by atoms with van der Waals surface area (Å²) >= 11 is 0. The molecule has 0 N–H and O–H groups in total. The number of ether oxygens (including phenoxy) is 6. The minimum absolute atomic E-state index is 0.0120. The number of carbonyl (C=O) groups excluding carboxylic acids is 1. The van der Waals surface area contributed by atoms with Crippen molar-refractivity contribution in [3.8, 4) is 5.75 Å². The van der Waals surface area contributed by atoms with E-state index in [4.69, 9.17) is 28.4 Å². The molecule has 1 aromatic carbocycles. The molecule has 3 atom stereocenters. The van der Waals surface area contributed by atoms with Crippen molar-refractivity contribution < 1.29 is 33.2 Å². The maximum Gasteiger partial charge on any atom is 0.338 e. The SMILES string of the molecule is COCO[C@@H]1[C@H](Cc2ccc(OC)cc2)OC(=O)[C@@H]1OCOC. The van der Waals surface area contributed by atoms with Crippen molar-refractivity contribution in [2.24, 2.45) is 0 Å². The molecule has 0 spiro atoms. The molecule has 0 aliphatic carbocycles. The molecule has 2 rings (SSSR count). The van der Waals surface area contributed by atoms with E-state index in [1.807, 2.05) is 24.3 Å². The van der Waals surface area contributed by atoms with Gasteiger partial charge in [0.1, 0.15) is 31.5 Å². The smallest absolute Gasteiger partial charge is 0.338 e. The normalized spacial score (nSPS) is 23.8. The Kier molecular flexibility index (Phi) is 6.79. The molecular formula is C16H22O7. The molecule has 1 aliphatic rings. The monoisotopic (exact) mass is 326 g/mol. The first kappa shape index (κ1) is 17.7. The van der Waals surface area contributed by atoms with E-state index >= 15 is 0 Å². The second kappa shape index (κ2) is 8.83. The molecule has 1 aliphatic heterocycles. The molecule has 1 heterocycles. The fourth-order valence-electron chi connectivity index (χ4n) is 2.41. The fraction of sp³-hybridized carbons (Fsp3) is 0.562. The summed E-state index contributed by atoms with van der Waals surface area (Å²) in [4.78, 5) is 12.0. The number of cyclic esters (lactones) is 1. The van der Waals surface area contributed by atoms with Gasteiger partial charge in [0.2, 0.25) is 0 Å². The lowest BCUT2D eigenvalue weighted by molar-refractivity contribution is -0.163. The lowest BCUT2D eigenvalue weighted by Crippen LogP contribution is -2.38. The predicted octanol–water partition coefficient (Wildman–Crippen LogP) is 1.14. The first-order valence-electron chi connectivity index (χ1n) is 7.24. The highest BCUT2D eigenvalue weighted by atomic mass is 16.7. The van der Waals surface area contributed by atoms with Gasteiger partial charge in [-0.15, -0.1) is 0 Å². The molecule has 128 valence electrons. The second-order valence-corrected chi connectivity index (χ2v) is 5.06. The Bertz CT molecular complexity index is 488. The summed E-state index contributed by atoms with van der Waals surface area (Å²) in [5, 5.41) is 0. The highest BCUT2D eigenvalue weighted by Gasteiger charge is 2.46. The summed E-state index contributed by atoms with van der Waals surface area (Å²) in [6.45, 7) is 0.0368. The Morgan fingerprint density at radius 3 is 2.26 bits per heavy atom. The summed E-state index contributed by atoms with van der Waals surface area (Å²) in [5.74, 6) is 0.312. The molecule has 1 fully saturated rings. The number of esters is 1. The van der Waals surface area contributed by atoms with Crippen LogP contribution in [-0.4, -0.2) is 59.2 Å². The largest absolute Gasteiger partial charge is 0.497 e. The van der Waals surface area contributed by atoms with Gasteiger partial charge in [-0.1, -0.05) is 12.1 Å². The Hall–Kier alpha value is -1.67. The number of methoxy groups -OCH3 is 3. The van der Waals surface area contributed by atoms with Crippen molar-refractivity contribution in [3.05, 3.63) is 29.8 Å². The van der Waals surface area contributed by atoms with E-state index in [1.165, 1.54) is 14.2 Å². The fourth-order valence-corrected chi connectivity index (χ4v) is 2.41. The molecule has 1 aromatic rings. The van der Waals surface area contributed by atoms with Crippen LogP contribution < -0.4 is 4.74 Å². The Labute approximate surface area is 135 Å². The van der Waals surface area contributed by atoms with E-state index in [2.05, 4.69) is 0 Å². The van der Waals surface area contributed by atoms with Crippen LogP contribution in [0.4, 0.5) is 0 Å². The van der Waals surface area contributed by atoms with Gasteiger partial charge in [-0.05, 0) is 17.7 Å². The molecular weight excluding hydrogens is 304 g/mol. The van der Waals surface area contributed by atoms with Gasteiger partial charge in [-0.3, -0.25) is 0 Å². The van der Waals surface area contributed by atoms with Gasteiger partial charge < -0.3 is 28.4 Å². The van der Waals surface area contributed by atoms with E-state index < -0.39 is 24.3 Å². The third-order valence-corrected chi connectivity index (χ3v) is 3.50. The van der Waals surface area contributed by atoms with Gasteiger partial charge in [-0.25, -0.2) is 4.79 Å². The maximum absolute atomic E-state index is 12.0.